The van der Waals surface area contributed by atoms with E-state index in [9.17, 15) is 8.42 Å². The lowest BCUT2D eigenvalue weighted by atomic mass is 10.2. The molecule has 1 fully saturated rings. The first kappa shape index (κ1) is 13.7. The van der Waals surface area contributed by atoms with Crippen LogP contribution in [0.1, 0.15) is 13.3 Å². The molecule has 1 aliphatic heterocycles. The lowest BCUT2D eigenvalue weighted by Crippen LogP contribution is -2.46. The maximum atomic E-state index is 11.4. The number of rotatable bonds is 5. The van der Waals surface area contributed by atoms with Crippen molar-refractivity contribution >= 4 is 9.84 Å². The Hall–Kier alpha value is -0.390. The summed E-state index contributed by atoms with van der Waals surface area (Å²) in [4.78, 5) is 2.17. The Balaban J connectivity index is 2.30. The number of nitrogens with zero attached hydrogens (tertiary/aromatic N) is 1. The molecule has 0 amide bonds. The topological polar surface area (TPSA) is 49.4 Å². The van der Waals surface area contributed by atoms with Crippen molar-refractivity contribution in [1.29, 1.82) is 0 Å². The van der Waals surface area contributed by atoms with Crippen molar-refractivity contribution in [3.63, 3.8) is 0 Å². The number of hydrogen-bond acceptors (Lipinski definition) is 4. The number of sulfone groups is 1. The van der Waals surface area contributed by atoms with E-state index >= 15 is 0 Å². The van der Waals surface area contributed by atoms with Crippen LogP contribution in [-0.4, -0.2) is 57.5 Å². The minimum Gasteiger partial charge on any atom is -0.312 e. The molecule has 1 atom stereocenters. The van der Waals surface area contributed by atoms with Crippen LogP contribution in [0.3, 0.4) is 0 Å². The van der Waals surface area contributed by atoms with Crippen molar-refractivity contribution < 1.29 is 8.42 Å². The average Bonchev–Trinajstić information content (AvgIpc) is 2.12. The Labute approximate surface area is 98.6 Å². The Kier molecular flexibility index (Phi) is 4.95. The lowest BCUT2D eigenvalue weighted by molar-refractivity contribution is 0.332. The van der Waals surface area contributed by atoms with Gasteiger partial charge in [-0.05, 0) is 26.9 Å². The second kappa shape index (κ2) is 5.80. The molecule has 1 saturated heterocycles. The Morgan fingerprint density at radius 2 is 2.25 bits per heavy atom. The van der Waals surface area contributed by atoms with Crippen LogP contribution in [0.15, 0.2) is 12.2 Å². The van der Waals surface area contributed by atoms with Crippen molar-refractivity contribution in [2.24, 2.45) is 0 Å². The smallest absolute Gasteiger partial charge is 0.153 e. The van der Waals surface area contributed by atoms with Crippen molar-refractivity contribution in [2.45, 2.75) is 19.4 Å². The summed E-state index contributed by atoms with van der Waals surface area (Å²) in [6.45, 7) is 8.23. The molecule has 94 valence electrons. The zero-order valence-corrected chi connectivity index (χ0v) is 11.0. The van der Waals surface area contributed by atoms with E-state index in [1.807, 2.05) is 14.0 Å². The van der Waals surface area contributed by atoms with E-state index in [2.05, 4.69) is 16.8 Å². The van der Waals surface area contributed by atoms with Crippen LogP contribution in [0.25, 0.3) is 0 Å². The quantitative estimate of drug-likeness (QED) is 0.708. The van der Waals surface area contributed by atoms with Crippen molar-refractivity contribution in [3.8, 4) is 0 Å². The van der Waals surface area contributed by atoms with Gasteiger partial charge in [0.1, 0.15) is 0 Å². The molecule has 4 nitrogen and oxygen atoms in total. The van der Waals surface area contributed by atoms with Gasteiger partial charge in [0.25, 0.3) is 0 Å². The van der Waals surface area contributed by atoms with Gasteiger partial charge in [0.2, 0.25) is 0 Å². The van der Waals surface area contributed by atoms with E-state index in [1.54, 1.807) is 0 Å². The highest BCUT2D eigenvalue weighted by molar-refractivity contribution is 7.91. The van der Waals surface area contributed by atoms with E-state index in [0.29, 0.717) is 6.54 Å². The SMILES string of the molecule is C=C(C)CN(C)CCC1CS(=O)(=O)CCN1. The number of hydrogen-bond donors (Lipinski definition) is 1. The minimum absolute atomic E-state index is 0.117. The molecule has 1 unspecified atom stereocenters. The van der Waals surface area contributed by atoms with Gasteiger partial charge in [-0.15, -0.1) is 0 Å². The van der Waals surface area contributed by atoms with Crippen LogP contribution < -0.4 is 5.32 Å². The number of nitrogens with one attached hydrogen (secondary N) is 1. The summed E-state index contributed by atoms with van der Waals surface area (Å²) < 4.78 is 22.8. The van der Waals surface area contributed by atoms with E-state index in [4.69, 9.17) is 0 Å². The fourth-order valence-corrected chi connectivity index (χ4v) is 3.46. The highest BCUT2D eigenvalue weighted by Crippen LogP contribution is 2.06. The Morgan fingerprint density at radius 3 is 2.81 bits per heavy atom. The zero-order valence-electron chi connectivity index (χ0n) is 10.2. The first-order valence-electron chi connectivity index (χ1n) is 5.66. The predicted octanol–water partition coefficient (Wildman–Crippen LogP) is 0.271. The third-order valence-corrected chi connectivity index (χ3v) is 4.44. The van der Waals surface area contributed by atoms with Crippen LogP contribution >= 0.6 is 0 Å². The van der Waals surface area contributed by atoms with E-state index < -0.39 is 9.84 Å². The molecule has 0 saturated carbocycles. The van der Waals surface area contributed by atoms with Crippen LogP contribution in [0.5, 0.6) is 0 Å². The van der Waals surface area contributed by atoms with Gasteiger partial charge in [-0.3, -0.25) is 0 Å². The molecule has 1 rings (SSSR count). The molecule has 0 radical (unpaired) electrons. The van der Waals surface area contributed by atoms with E-state index in [0.717, 1.165) is 25.1 Å². The summed E-state index contributed by atoms with van der Waals surface area (Å²) in [5.41, 5.74) is 1.13. The summed E-state index contributed by atoms with van der Waals surface area (Å²) in [6.07, 6.45) is 0.878. The summed E-state index contributed by atoms with van der Waals surface area (Å²) >= 11 is 0. The van der Waals surface area contributed by atoms with E-state index in [1.165, 1.54) is 0 Å². The fraction of sp³-hybridized carbons (Fsp3) is 0.818. The van der Waals surface area contributed by atoms with Crippen LogP contribution in [0.4, 0.5) is 0 Å². The second-order valence-electron chi connectivity index (χ2n) is 4.75. The van der Waals surface area contributed by atoms with Crippen molar-refractivity contribution in [1.82, 2.24) is 10.2 Å². The Bertz CT molecular complexity index is 338. The second-order valence-corrected chi connectivity index (χ2v) is 6.98. The molecule has 5 heteroatoms. The zero-order chi connectivity index (χ0) is 12.2. The molecule has 0 aromatic carbocycles. The molecule has 0 bridgehead atoms. The molecule has 0 spiro atoms. The predicted molar refractivity (Wildman–Crippen MR) is 67.4 cm³/mol. The minimum atomic E-state index is -2.80. The van der Waals surface area contributed by atoms with Crippen molar-refractivity contribution in [2.75, 3.05) is 38.2 Å². The van der Waals surface area contributed by atoms with Crippen LogP contribution in [0, 0.1) is 0 Å². The molecule has 16 heavy (non-hydrogen) atoms. The lowest BCUT2D eigenvalue weighted by Gasteiger charge is -2.26. The van der Waals surface area contributed by atoms with Gasteiger partial charge in [0, 0.05) is 19.1 Å². The normalized spacial score (nSPS) is 24.6. The van der Waals surface area contributed by atoms with Crippen LogP contribution in [0.2, 0.25) is 0 Å². The van der Waals surface area contributed by atoms with Gasteiger partial charge >= 0.3 is 0 Å². The van der Waals surface area contributed by atoms with Crippen LogP contribution in [-0.2, 0) is 9.84 Å². The van der Waals surface area contributed by atoms with Crippen molar-refractivity contribution in [3.05, 3.63) is 12.2 Å². The number of likely N-dealkylation sites (N-methyl/N-ethyl adjacent to an activating group) is 1. The third-order valence-electron chi connectivity index (χ3n) is 2.70. The highest BCUT2D eigenvalue weighted by atomic mass is 32.2. The first-order valence-corrected chi connectivity index (χ1v) is 7.48. The summed E-state index contributed by atoms with van der Waals surface area (Å²) in [5, 5.41) is 3.26. The Morgan fingerprint density at radius 1 is 1.56 bits per heavy atom. The standard InChI is InChI=1S/C11H22N2O2S/c1-10(2)8-13(3)6-4-11-9-16(14,15)7-5-12-11/h11-12H,1,4-9H2,2-3H3. The monoisotopic (exact) mass is 246 g/mol. The van der Waals surface area contributed by atoms with Gasteiger partial charge < -0.3 is 10.2 Å². The van der Waals surface area contributed by atoms with Gasteiger partial charge in [0.15, 0.2) is 9.84 Å². The van der Waals surface area contributed by atoms with Gasteiger partial charge in [-0.1, -0.05) is 12.2 Å². The molecule has 0 aromatic rings. The third kappa shape index (κ3) is 5.09. The average molecular weight is 246 g/mol. The fourth-order valence-electron chi connectivity index (χ4n) is 1.97. The van der Waals surface area contributed by atoms with Gasteiger partial charge in [-0.25, -0.2) is 8.42 Å². The first-order chi connectivity index (χ1) is 7.39. The highest BCUT2D eigenvalue weighted by Gasteiger charge is 2.23. The maximum absolute atomic E-state index is 11.4. The van der Waals surface area contributed by atoms with E-state index in [-0.39, 0.29) is 17.5 Å². The largest absolute Gasteiger partial charge is 0.312 e. The van der Waals surface area contributed by atoms with Gasteiger partial charge in [0.05, 0.1) is 11.5 Å². The summed E-state index contributed by atoms with van der Waals surface area (Å²) in [7, 11) is -0.768. The van der Waals surface area contributed by atoms with Gasteiger partial charge in [-0.2, -0.15) is 0 Å². The molecule has 1 heterocycles. The molecule has 1 N–H and O–H groups in total. The molecular formula is C11H22N2O2S. The molecule has 1 aliphatic rings. The molecular weight excluding hydrogens is 224 g/mol. The summed E-state index contributed by atoms with van der Waals surface area (Å²) in [6, 6.07) is 0.117. The molecule has 0 aliphatic carbocycles. The molecule has 0 aromatic heterocycles. The summed E-state index contributed by atoms with van der Waals surface area (Å²) in [5.74, 6) is 0.568. The maximum Gasteiger partial charge on any atom is 0.153 e.